The van der Waals surface area contributed by atoms with Crippen molar-refractivity contribution >= 4 is 32.8 Å². The second-order valence-corrected chi connectivity index (χ2v) is 5.12. The number of nitrogens with one attached hydrogen (secondary N) is 1. The van der Waals surface area contributed by atoms with E-state index in [1.807, 2.05) is 0 Å². The first-order valence-electron chi connectivity index (χ1n) is 3.29. The summed E-state index contributed by atoms with van der Waals surface area (Å²) >= 11 is 5.04. The Hall–Kier alpha value is -0.820. The predicted octanol–water partition coefficient (Wildman–Crippen LogP) is -0.259. The zero-order valence-corrected chi connectivity index (χ0v) is 8.22. The molecule has 8 heteroatoms. The summed E-state index contributed by atoms with van der Waals surface area (Å²) in [6.07, 6.45) is 0.935. The van der Waals surface area contributed by atoms with Gasteiger partial charge in [0, 0.05) is 6.26 Å². The van der Waals surface area contributed by atoms with Gasteiger partial charge in [0.1, 0.15) is 0 Å². The zero-order chi connectivity index (χ0) is 10.2. The number of amides is 3. The van der Waals surface area contributed by atoms with Crippen LogP contribution in [-0.4, -0.2) is 42.9 Å². The normalized spacial score (nSPS) is 23.1. The van der Waals surface area contributed by atoms with E-state index in [0.29, 0.717) is 4.90 Å². The fourth-order valence-corrected chi connectivity index (χ4v) is 2.23. The Bertz CT molecular complexity index is 352. The van der Waals surface area contributed by atoms with Crippen molar-refractivity contribution in [2.24, 2.45) is 0 Å². The quantitative estimate of drug-likeness (QED) is 0.493. The molecule has 0 aromatic carbocycles. The fraction of sp³-hybridized carbons (Fsp3) is 0.600. The van der Waals surface area contributed by atoms with Crippen molar-refractivity contribution in [3.63, 3.8) is 0 Å². The molecule has 1 aliphatic rings. The van der Waals surface area contributed by atoms with Crippen LogP contribution in [0.4, 0.5) is 9.59 Å². The summed E-state index contributed by atoms with van der Waals surface area (Å²) < 4.78 is 22.1. The fourth-order valence-electron chi connectivity index (χ4n) is 1.02. The Morgan fingerprint density at radius 1 is 1.69 bits per heavy atom. The number of rotatable bonds is 1. The van der Waals surface area contributed by atoms with E-state index in [2.05, 4.69) is 5.32 Å². The lowest BCUT2D eigenvalue weighted by molar-refractivity contribution is 0.209. The Morgan fingerprint density at radius 3 is 2.54 bits per heavy atom. The van der Waals surface area contributed by atoms with Gasteiger partial charge in [-0.25, -0.2) is 18.1 Å². The van der Waals surface area contributed by atoms with Gasteiger partial charge in [0.2, 0.25) is 0 Å². The number of carbonyl (C=O) groups is 2. The molecule has 74 valence electrons. The number of sulfone groups is 1. The van der Waals surface area contributed by atoms with Gasteiger partial charge in [-0.05, 0) is 11.6 Å². The van der Waals surface area contributed by atoms with Gasteiger partial charge in [0.05, 0.1) is 6.54 Å². The summed E-state index contributed by atoms with van der Waals surface area (Å²) in [7, 11) is -3.49. The monoisotopic (exact) mass is 226 g/mol. The summed E-state index contributed by atoms with van der Waals surface area (Å²) in [5.41, 5.74) is 0. The molecule has 0 saturated carbocycles. The summed E-state index contributed by atoms with van der Waals surface area (Å²) in [5, 5.41) is -0.0719. The molecule has 0 radical (unpaired) electrons. The zero-order valence-electron chi connectivity index (χ0n) is 6.65. The van der Waals surface area contributed by atoms with Crippen molar-refractivity contribution in [2.75, 3.05) is 12.8 Å². The summed E-state index contributed by atoms with van der Waals surface area (Å²) in [6, 6.07) is -0.782. The van der Waals surface area contributed by atoms with Crippen LogP contribution in [0.3, 0.4) is 0 Å². The van der Waals surface area contributed by atoms with E-state index in [9.17, 15) is 18.0 Å². The lowest BCUT2D eigenvalue weighted by atomic mass is 10.6. The molecule has 0 aliphatic carbocycles. The van der Waals surface area contributed by atoms with Crippen LogP contribution < -0.4 is 5.32 Å². The largest absolute Gasteiger partial charge is 0.334 e. The first-order chi connectivity index (χ1) is 5.84. The van der Waals surface area contributed by atoms with E-state index >= 15 is 0 Å². The maximum absolute atomic E-state index is 11.0. The Kier molecular flexibility index (Phi) is 2.49. The molecule has 1 fully saturated rings. The summed E-state index contributed by atoms with van der Waals surface area (Å²) in [4.78, 5) is 22.1. The van der Waals surface area contributed by atoms with Crippen LogP contribution in [0.15, 0.2) is 0 Å². The van der Waals surface area contributed by atoms with Crippen LogP contribution in [0.2, 0.25) is 0 Å². The SMILES string of the molecule is CS(=O)(=O)C1CNC(=O)N1C(=O)Cl. The lowest BCUT2D eigenvalue weighted by Gasteiger charge is -2.15. The average Bonchev–Trinajstić information content (AvgIpc) is 2.28. The van der Waals surface area contributed by atoms with Crippen molar-refractivity contribution in [3.8, 4) is 0 Å². The van der Waals surface area contributed by atoms with Gasteiger partial charge in [-0.3, -0.25) is 4.79 Å². The van der Waals surface area contributed by atoms with Gasteiger partial charge in [0.25, 0.3) is 0 Å². The smallest absolute Gasteiger partial charge is 0.326 e. The van der Waals surface area contributed by atoms with E-state index in [4.69, 9.17) is 11.6 Å². The molecule has 1 atom stereocenters. The van der Waals surface area contributed by atoms with Crippen LogP contribution in [0.25, 0.3) is 0 Å². The number of imide groups is 1. The minimum absolute atomic E-state index is 0.115. The Balaban J connectivity index is 3.02. The highest BCUT2D eigenvalue weighted by Gasteiger charge is 2.41. The van der Waals surface area contributed by atoms with Crippen molar-refractivity contribution < 1.29 is 18.0 Å². The van der Waals surface area contributed by atoms with Gasteiger partial charge < -0.3 is 5.32 Å². The van der Waals surface area contributed by atoms with Crippen molar-refractivity contribution in [3.05, 3.63) is 0 Å². The summed E-state index contributed by atoms with van der Waals surface area (Å²) in [6.45, 7) is -0.115. The third-order valence-corrected chi connectivity index (χ3v) is 3.17. The molecule has 1 N–H and O–H groups in total. The Morgan fingerprint density at radius 2 is 2.23 bits per heavy atom. The Labute approximate surface area is 79.8 Å². The van der Waals surface area contributed by atoms with Gasteiger partial charge >= 0.3 is 11.4 Å². The molecule has 6 nitrogen and oxygen atoms in total. The molecule has 0 aromatic rings. The van der Waals surface area contributed by atoms with Crippen molar-refractivity contribution in [2.45, 2.75) is 5.37 Å². The molecule has 13 heavy (non-hydrogen) atoms. The van der Waals surface area contributed by atoms with Crippen LogP contribution in [-0.2, 0) is 9.84 Å². The third-order valence-electron chi connectivity index (χ3n) is 1.62. The minimum Gasteiger partial charge on any atom is -0.334 e. The maximum atomic E-state index is 11.0. The second-order valence-electron chi connectivity index (χ2n) is 2.59. The van der Waals surface area contributed by atoms with Crippen LogP contribution in [0, 0.1) is 0 Å². The van der Waals surface area contributed by atoms with Gasteiger partial charge in [-0.15, -0.1) is 0 Å². The standard InChI is InChI=1S/C5H7ClN2O4S/c1-13(11,12)3-2-7-5(10)8(3)4(6)9/h3H,2H2,1H3,(H,7,10). The van der Waals surface area contributed by atoms with E-state index in [0.717, 1.165) is 6.26 Å². The van der Waals surface area contributed by atoms with E-state index in [1.54, 1.807) is 0 Å². The number of nitrogens with zero attached hydrogens (tertiary/aromatic N) is 1. The average molecular weight is 227 g/mol. The van der Waals surface area contributed by atoms with Gasteiger partial charge in [-0.1, -0.05) is 0 Å². The number of urea groups is 1. The molecule has 0 aromatic heterocycles. The molecule has 0 bridgehead atoms. The molecule has 0 spiro atoms. The van der Waals surface area contributed by atoms with Crippen LogP contribution in [0.5, 0.6) is 0 Å². The van der Waals surface area contributed by atoms with Crippen molar-refractivity contribution in [1.29, 1.82) is 0 Å². The predicted molar refractivity (Wildman–Crippen MR) is 45.1 cm³/mol. The van der Waals surface area contributed by atoms with E-state index < -0.39 is 26.6 Å². The molecular formula is C5H7ClN2O4S. The van der Waals surface area contributed by atoms with E-state index in [1.165, 1.54) is 0 Å². The minimum atomic E-state index is -3.49. The molecule has 1 rings (SSSR count). The first kappa shape index (κ1) is 10.3. The summed E-state index contributed by atoms with van der Waals surface area (Å²) in [5.74, 6) is 0. The second kappa shape index (κ2) is 3.15. The lowest BCUT2D eigenvalue weighted by Crippen LogP contribution is -2.40. The van der Waals surface area contributed by atoms with Gasteiger partial charge in [0.15, 0.2) is 15.2 Å². The number of hydrogen-bond donors (Lipinski definition) is 1. The number of halogens is 1. The topological polar surface area (TPSA) is 83.6 Å². The molecule has 3 amide bonds. The molecule has 1 unspecified atom stereocenters. The number of hydrogen-bond acceptors (Lipinski definition) is 4. The third kappa shape index (κ3) is 1.92. The van der Waals surface area contributed by atoms with Crippen LogP contribution in [0.1, 0.15) is 0 Å². The molecule has 1 heterocycles. The van der Waals surface area contributed by atoms with Crippen LogP contribution >= 0.6 is 11.6 Å². The molecule has 1 aliphatic heterocycles. The molecule has 1 saturated heterocycles. The highest BCUT2D eigenvalue weighted by Crippen LogP contribution is 2.14. The maximum Gasteiger partial charge on any atom is 0.326 e. The first-order valence-corrected chi connectivity index (χ1v) is 5.62. The number of carbonyl (C=O) groups excluding carboxylic acids is 2. The van der Waals surface area contributed by atoms with Gasteiger partial charge in [-0.2, -0.15) is 0 Å². The molecular weight excluding hydrogens is 220 g/mol. The highest BCUT2D eigenvalue weighted by atomic mass is 35.5. The van der Waals surface area contributed by atoms with E-state index in [-0.39, 0.29) is 6.54 Å². The van der Waals surface area contributed by atoms with Crippen molar-refractivity contribution in [1.82, 2.24) is 10.2 Å². The highest BCUT2D eigenvalue weighted by molar-refractivity contribution is 7.91.